The Morgan fingerprint density at radius 1 is 1.12 bits per heavy atom. The zero-order chi connectivity index (χ0) is 17.7. The Bertz CT molecular complexity index is 795. The van der Waals surface area contributed by atoms with Gasteiger partial charge in [-0.2, -0.15) is 4.31 Å². The molecule has 2 aromatic carbocycles. The smallest absolute Gasteiger partial charge is 0.247 e. The van der Waals surface area contributed by atoms with Gasteiger partial charge in [0.25, 0.3) is 0 Å². The maximum Gasteiger partial charge on any atom is 0.247 e. The Kier molecular flexibility index (Phi) is 7.89. The number of hydrogen-bond donors (Lipinski definition) is 1. The van der Waals surface area contributed by atoms with Gasteiger partial charge in [0.2, 0.25) is 10.0 Å². The Morgan fingerprint density at radius 3 is 2.32 bits per heavy atom. The number of sulfonamides is 1. The van der Waals surface area contributed by atoms with Crippen LogP contribution in [0.1, 0.15) is 16.7 Å². The van der Waals surface area contributed by atoms with Crippen LogP contribution in [-0.4, -0.2) is 32.9 Å². The first-order valence-electron chi connectivity index (χ1n) is 7.79. The van der Waals surface area contributed by atoms with Crippen LogP contribution in [0.25, 0.3) is 0 Å². The van der Waals surface area contributed by atoms with E-state index in [0.29, 0.717) is 5.75 Å². The van der Waals surface area contributed by atoms with Crippen molar-refractivity contribution in [3.8, 4) is 5.75 Å². The van der Waals surface area contributed by atoms with Crippen LogP contribution in [0.5, 0.6) is 5.75 Å². The van der Waals surface area contributed by atoms with Gasteiger partial charge < -0.3 is 10.5 Å². The summed E-state index contributed by atoms with van der Waals surface area (Å²) in [4.78, 5) is 0.187. The maximum atomic E-state index is 13.2. The summed E-state index contributed by atoms with van der Waals surface area (Å²) in [5, 5.41) is 0. The lowest BCUT2D eigenvalue weighted by Crippen LogP contribution is -2.35. The van der Waals surface area contributed by atoms with Gasteiger partial charge in [0, 0.05) is 19.6 Å². The van der Waals surface area contributed by atoms with Gasteiger partial charge in [-0.15, -0.1) is 12.4 Å². The summed E-state index contributed by atoms with van der Waals surface area (Å²) in [5.41, 5.74) is 8.23. The minimum Gasteiger partial charge on any atom is -0.495 e. The molecule has 0 unspecified atom stereocenters. The average Bonchev–Trinajstić information content (AvgIpc) is 2.54. The van der Waals surface area contributed by atoms with E-state index in [9.17, 15) is 8.42 Å². The first-order chi connectivity index (χ1) is 11.4. The fraction of sp³-hybridized carbons (Fsp3) is 0.333. The zero-order valence-corrected chi connectivity index (χ0v) is 16.4. The number of nitrogens with zero attached hydrogens (tertiary/aromatic N) is 1. The number of methoxy groups -OCH3 is 1. The Hall–Kier alpha value is -1.60. The quantitative estimate of drug-likeness (QED) is 0.796. The molecule has 0 heterocycles. The highest BCUT2D eigenvalue weighted by molar-refractivity contribution is 7.89. The third kappa shape index (κ3) is 4.95. The Morgan fingerprint density at radius 2 is 1.76 bits per heavy atom. The second-order valence-corrected chi connectivity index (χ2v) is 7.63. The molecule has 0 aliphatic carbocycles. The summed E-state index contributed by atoms with van der Waals surface area (Å²) in [6.45, 7) is 4.48. The van der Waals surface area contributed by atoms with Crippen molar-refractivity contribution >= 4 is 22.4 Å². The second-order valence-electron chi connectivity index (χ2n) is 5.73. The summed E-state index contributed by atoms with van der Waals surface area (Å²) >= 11 is 0. The van der Waals surface area contributed by atoms with Crippen LogP contribution < -0.4 is 10.5 Å². The van der Waals surface area contributed by atoms with Gasteiger partial charge in [-0.3, -0.25) is 0 Å². The van der Waals surface area contributed by atoms with E-state index < -0.39 is 10.0 Å². The summed E-state index contributed by atoms with van der Waals surface area (Å²) in [5.74, 6) is 0.385. The number of nitrogens with two attached hydrogens (primary N) is 1. The number of rotatable bonds is 7. The van der Waals surface area contributed by atoms with Crippen molar-refractivity contribution in [2.75, 3.05) is 20.2 Å². The van der Waals surface area contributed by atoms with Crippen LogP contribution in [0, 0.1) is 13.8 Å². The molecule has 0 amide bonds. The van der Waals surface area contributed by atoms with E-state index in [1.165, 1.54) is 11.4 Å². The predicted molar refractivity (Wildman–Crippen MR) is 103 cm³/mol. The molecule has 0 saturated carbocycles. The summed E-state index contributed by atoms with van der Waals surface area (Å²) < 4.78 is 33.2. The van der Waals surface area contributed by atoms with Crippen molar-refractivity contribution in [3.63, 3.8) is 0 Å². The van der Waals surface area contributed by atoms with Crippen molar-refractivity contribution in [1.29, 1.82) is 0 Å². The fourth-order valence-corrected chi connectivity index (χ4v) is 4.48. The van der Waals surface area contributed by atoms with E-state index in [4.69, 9.17) is 10.5 Å². The molecule has 0 bridgehead atoms. The number of aryl methyl sites for hydroxylation is 2. The van der Waals surface area contributed by atoms with Crippen LogP contribution in [0.15, 0.2) is 47.4 Å². The van der Waals surface area contributed by atoms with E-state index in [1.54, 1.807) is 6.07 Å². The maximum absolute atomic E-state index is 13.2. The first kappa shape index (κ1) is 21.4. The molecular formula is C18H25ClN2O3S. The lowest BCUT2D eigenvalue weighted by molar-refractivity contribution is 0.386. The van der Waals surface area contributed by atoms with Crippen LogP contribution in [0.3, 0.4) is 0 Å². The molecule has 0 radical (unpaired) electrons. The van der Waals surface area contributed by atoms with Crippen LogP contribution >= 0.6 is 12.4 Å². The summed E-state index contributed by atoms with van der Waals surface area (Å²) in [7, 11) is -2.23. The summed E-state index contributed by atoms with van der Waals surface area (Å²) in [6, 6.07) is 13.0. The van der Waals surface area contributed by atoms with Crippen LogP contribution in [0.2, 0.25) is 0 Å². The van der Waals surface area contributed by atoms with E-state index in [-0.39, 0.29) is 36.9 Å². The minimum atomic E-state index is -3.72. The molecule has 0 atom stereocenters. The van der Waals surface area contributed by atoms with Crippen LogP contribution in [0.4, 0.5) is 0 Å². The average molecular weight is 385 g/mol. The third-order valence-electron chi connectivity index (χ3n) is 3.79. The molecule has 25 heavy (non-hydrogen) atoms. The van der Waals surface area contributed by atoms with Crippen molar-refractivity contribution in [2.24, 2.45) is 5.73 Å². The van der Waals surface area contributed by atoms with Gasteiger partial charge in [-0.05, 0) is 36.6 Å². The van der Waals surface area contributed by atoms with E-state index in [2.05, 4.69) is 0 Å². The molecule has 7 heteroatoms. The van der Waals surface area contributed by atoms with Gasteiger partial charge in [0.05, 0.1) is 7.11 Å². The molecule has 0 saturated heterocycles. The van der Waals surface area contributed by atoms with Crippen molar-refractivity contribution < 1.29 is 13.2 Å². The SMILES string of the molecule is COc1c(C)cc(C)cc1S(=O)(=O)N(CCN)Cc1ccccc1.Cl. The monoisotopic (exact) mass is 384 g/mol. The summed E-state index contributed by atoms with van der Waals surface area (Å²) in [6.07, 6.45) is 0. The normalized spacial score (nSPS) is 11.2. The van der Waals surface area contributed by atoms with E-state index >= 15 is 0 Å². The molecule has 0 fully saturated rings. The van der Waals surface area contributed by atoms with Gasteiger partial charge in [-0.25, -0.2) is 8.42 Å². The van der Waals surface area contributed by atoms with Gasteiger partial charge >= 0.3 is 0 Å². The third-order valence-corrected chi connectivity index (χ3v) is 5.64. The number of hydrogen-bond acceptors (Lipinski definition) is 4. The highest BCUT2D eigenvalue weighted by Crippen LogP contribution is 2.31. The lowest BCUT2D eigenvalue weighted by atomic mass is 10.1. The Balaban J connectivity index is 0.00000312. The second kappa shape index (κ2) is 9.20. The predicted octanol–water partition coefficient (Wildman–Crippen LogP) is 2.88. The topological polar surface area (TPSA) is 72.6 Å². The number of benzene rings is 2. The minimum absolute atomic E-state index is 0. The Labute approximate surface area is 156 Å². The van der Waals surface area contributed by atoms with Crippen molar-refractivity contribution in [3.05, 3.63) is 59.2 Å². The molecule has 138 valence electrons. The molecule has 2 aromatic rings. The van der Waals surface area contributed by atoms with E-state index in [1.807, 2.05) is 50.2 Å². The molecule has 0 aliphatic rings. The van der Waals surface area contributed by atoms with Crippen molar-refractivity contribution in [2.45, 2.75) is 25.3 Å². The first-order valence-corrected chi connectivity index (χ1v) is 9.23. The standard InChI is InChI=1S/C18H24N2O3S.ClH/c1-14-11-15(2)18(23-3)17(12-14)24(21,22)20(10-9-19)13-16-7-5-4-6-8-16;/h4-8,11-12H,9-10,13,19H2,1-3H3;1H. The van der Waals surface area contributed by atoms with Gasteiger partial charge in [-0.1, -0.05) is 36.4 Å². The lowest BCUT2D eigenvalue weighted by Gasteiger charge is -2.23. The molecule has 2 N–H and O–H groups in total. The zero-order valence-electron chi connectivity index (χ0n) is 14.7. The van der Waals surface area contributed by atoms with Crippen LogP contribution in [-0.2, 0) is 16.6 Å². The molecule has 5 nitrogen and oxygen atoms in total. The van der Waals surface area contributed by atoms with Gasteiger partial charge in [0.15, 0.2) is 0 Å². The largest absolute Gasteiger partial charge is 0.495 e. The number of ether oxygens (including phenoxy) is 1. The molecule has 0 aliphatic heterocycles. The molecule has 0 aromatic heterocycles. The number of halogens is 1. The fourth-order valence-electron chi connectivity index (χ4n) is 2.72. The van der Waals surface area contributed by atoms with Crippen molar-refractivity contribution in [1.82, 2.24) is 4.31 Å². The van der Waals surface area contributed by atoms with Gasteiger partial charge in [0.1, 0.15) is 10.6 Å². The molecule has 0 spiro atoms. The molecule has 2 rings (SSSR count). The highest BCUT2D eigenvalue weighted by Gasteiger charge is 2.28. The molecular weight excluding hydrogens is 360 g/mol. The highest BCUT2D eigenvalue weighted by atomic mass is 35.5. The van der Waals surface area contributed by atoms with E-state index in [0.717, 1.165) is 16.7 Å².